The number of carboxylic acids is 1. The molecule has 0 amide bonds. The van der Waals surface area contributed by atoms with Gasteiger partial charge in [0.2, 0.25) is 0 Å². The van der Waals surface area contributed by atoms with Crippen molar-refractivity contribution in [2.45, 2.75) is 39.2 Å². The smallest absolute Gasteiger partial charge is 0.313 e. The molecule has 1 aliphatic rings. The van der Waals surface area contributed by atoms with E-state index < -0.39 is 17.5 Å². The number of aryl methyl sites for hydroxylation is 1. The monoisotopic (exact) mass is 351 g/mol. The average Bonchev–Trinajstić information content (AvgIpc) is 2.58. The number of carbonyl (C=O) groups is 1. The Kier molecular flexibility index (Phi) is 6.67. The zero-order valence-electron chi connectivity index (χ0n) is 15.3. The van der Waals surface area contributed by atoms with Gasteiger partial charge in [0.25, 0.3) is 0 Å². The van der Waals surface area contributed by atoms with Gasteiger partial charge in [-0.2, -0.15) is 0 Å². The molecule has 6 heteroatoms. The summed E-state index contributed by atoms with van der Waals surface area (Å²) >= 11 is 0. The Hall–Kier alpha value is -1.79. The Morgan fingerprint density at radius 3 is 2.80 bits per heavy atom. The number of aliphatic hydroxyl groups excluding tert-OH is 1. The standard InChI is InChI=1S/C19H29NO5/c1-4-8-19(18(22)23)13-20(9-7-17(19)21)10-11-25-15-6-5-14(2)12-16(15)24-3/h5-6,12,17,21H,4,7-11,13H2,1-3H3,(H,22,23)/t17-,19-/m0/s1. The number of likely N-dealkylation sites (tertiary alicyclic amines) is 1. The van der Waals surface area contributed by atoms with Gasteiger partial charge in [-0.1, -0.05) is 19.4 Å². The Morgan fingerprint density at radius 2 is 2.16 bits per heavy atom. The summed E-state index contributed by atoms with van der Waals surface area (Å²) in [7, 11) is 1.61. The largest absolute Gasteiger partial charge is 0.493 e. The highest BCUT2D eigenvalue weighted by Crippen LogP contribution is 2.35. The van der Waals surface area contributed by atoms with E-state index in [4.69, 9.17) is 9.47 Å². The molecule has 0 bridgehead atoms. The maximum atomic E-state index is 11.8. The predicted molar refractivity (Wildman–Crippen MR) is 95.3 cm³/mol. The lowest BCUT2D eigenvalue weighted by molar-refractivity contribution is -0.164. The highest BCUT2D eigenvalue weighted by atomic mass is 16.5. The SMILES string of the molecule is CCC[C@]1(C(=O)O)CN(CCOc2ccc(C)cc2OC)CC[C@@H]1O. The number of piperidine rings is 1. The molecule has 0 saturated carbocycles. The molecule has 2 rings (SSSR count). The Labute approximate surface area is 149 Å². The van der Waals surface area contributed by atoms with Crippen LogP contribution in [0.1, 0.15) is 31.7 Å². The van der Waals surface area contributed by atoms with E-state index in [9.17, 15) is 15.0 Å². The van der Waals surface area contributed by atoms with Gasteiger partial charge in [-0.25, -0.2) is 0 Å². The van der Waals surface area contributed by atoms with Crippen LogP contribution in [0, 0.1) is 12.3 Å². The first-order valence-corrected chi connectivity index (χ1v) is 8.84. The van der Waals surface area contributed by atoms with E-state index in [2.05, 4.69) is 4.90 Å². The molecule has 0 aliphatic carbocycles. The molecule has 1 fully saturated rings. The highest BCUT2D eigenvalue weighted by Gasteiger charge is 2.48. The third kappa shape index (κ3) is 4.44. The lowest BCUT2D eigenvalue weighted by Crippen LogP contribution is -2.56. The van der Waals surface area contributed by atoms with Crippen molar-refractivity contribution in [1.29, 1.82) is 0 Å². The quantitative estimate of drug-likeness (QED) is 0.748. The van der Waals surface area contributed by atoms with Crippen molar-refractivity contribution in [3.05, 3.63) is 23.8 Å². The summed E-state index contributed by atoms with van der Waals surface area (Å²) in [6.07, 6.45) is 0.889. The lowest BCUT2D eigenvalue weighted by Gasteiger charge is -2.43. The van der Waals surface area contributed by atoms with Gasteiger partial charge in [-0.15, -0.1) is 0 Å². The van der Waals surface area contributed by atoms with Crippen molar-refractivity contribution in [3.8, 4) is 11.5 Å². The summed E-state index contributed by atoms with van der Waals surface area (Å²) < 4.78 is 11.2. The fourth-order valence-electron chi connectivity index (χ4n) is 3.54. The predicted octanol–water partition coefficient (Wildman–Crippen LogP) is 2.32. The minimum atomic E-state index is -1.07. The van der Waals surface area contributed by atoms with E-state index in [1.165, 1.54) is 0 Å². The van der Waals surface area contributed by atoms with E-state index in [-0.39, 0.29) is 0 Å². The molecule has 2 atom stereocenters. The molecule has 140 valence electrons. The fourth-order valence-corrected chi connectivity index (χ4v) is 3.54. The topological polar surface area (TPSA) is 79.2 Å². The Balaban J connectivity index is 1.96. The van der Waals surface area contributed by atoms with E-state index in [1.54, 1.807) is 7.11 Å². The molecule has 1 saturated heterocycles. The number of hydrogen-bond donors (Lipinski definition) is 2. The number of ether oxygens (including phenoxy) is 2. The van der Waals surface area contributed by atoms with Crippen LogP contribution >= 0.6 is 0 Å². The number of benzene rings is 1. The lowest BCUT2D eigenvalue weighted by atomic mass is 9.74. The van der Waals surface area contributed by atoms with Crippen molar-refractivity contribution in [3.63, 3.8) is 0 Å². The molecule has 1 heterocycles. The van der Waals surface area contributed by atoms with E-state index >= 15 is 0 Å². The molecule has 0 spiro atoms. The number of carboxylic acid groups (broad SMARTS) is 1. The minimum absolute atomic E-state index is 0.353. The van der Waals surface area contributed by atoms with Crippen LogP contribution in [-0.2, 0) is 4.79 Å². The number of methoxy groups -OCH3 is 1. The summed E-state index contributed by atoms with van der Waals surface area (Å²) in [6, 6.07) is 5.77. The summed E-state index contributed by atoms with van der Waals surface area (Å²) in [4.78, 5) is 13.9. The van der Waals surface area contributed by atoms with Crippen LogP contribution in [0.4, 0.5) is 0 Å². The molecular weight excluding hydrogens is 322 g/mol. The average molecular weight is 351 g/mol. The van der Waals surface area contributed by atoms with Gasteiger partial charge in [0.05, 0.1) is 13.2 Å². The molecule has 0 unspecified atom stereocenters. The summed E-state index contributed by atoms with van der Waals surface area (Å²) in [5.41, 5.74) is 0.0224. The van der Waals surface area contributed by atoms with Crippen LogP contribution in [0.3, 0.4) is 0 Å². The van der Waals surface area contributed by atoms with Crippen molar-refractivity contribution in [2.75, 3.05) is 33.4 Å². The highest BCUT2D eigenvalue weighted by molar-refractivity contribution is 5.76. The van der Waals surface area contributed by atoms with E-state index in [0.29, 0.717) is 50.6 Å². The first kappa shape index (κ1) is 19.5. The van der Waals surface area contributed by atoms with E-state index in [0.717, 1.165) is 12.0 Å². The maximum Gasteiger partial charge on any atom is 0.313 e. The second-order valence-electron chi connectivity index (χ2n) is 6.79. The molecule has 1 aromatic rings. The molecular formula is C19H29NO5. The van der Waals surface area contributed by atoms with Gasteiger partial charge < -0.3 is 19.7 Å². The zero-order valence-corrected chi connectivity index (χ0v) is 15.3. The normalized spacial score (nSPS) is 24.1. The molecule has 25 heavy (non-hydrogen) atoms. The fraction of sp³-hybridized carbons (Fsp3) is 0.632. The van der Waals surface area contributed by atoms with Crippen LogP contribution in [0.15, 0.2) is 18.2 Å². The number of hydrogen-bond acceptors (Lipinski definition) is 5. The van der Waals surface area contributed by atoms with Gasteiger partial charge in [0, 0.05) is 19.6 Å². The second kappa shape index (κ2) is 8.54. The summed E-state index contributed by atoms with van der Waals surface area (Å²) in [5, 5.41) is 20.0. The van der Waals surface area contributed by atoms with Gasteiger partial charge in [-0.3, -0.25) is 9.69 Å². The van der Waals surface area contributed by atoms with Gasteiger partial charge in [0.15, 0.2) is 11.5 Å². The third-order valence-corrected chi connectivity index (χ3v) is 4.97. The van der Waals surface area contributed by atoms with Gasteiger partial charge in [-0.05, 0) is 37.5 Å². The molecule has 2 N–H and O–H groups in total. The van der Waals surface area contributed by atoms with Crippen molar-refractivity contribution in [1.82, 2.24) is 4.90 Å². The maximum absolute atomic E-state index is 11.8. The number of nitrogens with zero attached hydrogens (tertiary/aromatic N) is 1. The first-order valence-electron chi connectivity index (χ1n) is 8.84. The third-order valence-electron chi connectivity index (χ3n) is 4.97. The van der Waals surface area contributed by atoms with Gasteiger partial charge in [0.1, 0.15) is 12.0 Å². The van der Waals surface area contributed by atoms with Crippen LogP contribution in [-0.4, -0.2) is 60.5 Å². The molecule has 0 radical (unpaired) electrons. The number of aliphatic hydroxyl groups is 1. The van der Waals surface area contributed by atoms with Crippen LogP contribution in [0.25, 0.3) is 0 Å². The summed E-state index contributed by atoms with van der Waals surface area (Å²) in [5.74, 6) is 0.468. The van der Waals surface area contributed by atoms with Crippen LogP contribution in [0.2, 0.25) is 0 Å². The van der Waals surface area contributed by atoms with E-state index in [1.807, 2.05) is 32.0 Å². The van der Waals surface area contributed by atoms with Crippen molar-refractivity contribution in [2.24, 2.45) is 5.41 Å². The molecule has 1 aromatic carbocycles. The number of rotatable bonds is 8. The molecule has 0 aromatic heterocycles. The molecule has 1 aliphatic heterocycles. The second-order valence-corrected chi connectivity index (χ2v) is 6.79. The zero-order chi connectivity index (χ0) is 18.4. The van der Waals surface area contributed by atoms with Crippen molar-refractivity contribution >= 4 is 5.97 Å². The van der Waals surface area contributed by atoms with Crippen LogP contribution < -0.4 is 9.47 Å². The minimum Gasteiger partial charge on any atom is -0.493 e. The Bertz CT molecular complexity index is 591. The number of aliphatic carboxylic acids is 1. The molecule has 6 nitrogen and oxygen atoms in total. The van der Waals surface area contributed by atoms with Crippen molar-refractivity contribution < 1.29 is 24.5 Å². The van der Waals surface area contributed by atoms with Crippen LogP contribution in [0.5, 0.6) is 11.5 Å². The Morgan fingerprint density at radius 1 is 1.40 bits per heavy atom. The first-order chi connectivity index (χ1) is 11.9. The summed E-state index contributed by atoms with van der Waals surface area (Å²) in [6.45, 7) is 6.02. The van der Waals surface area contributed by atoms with Gasteiger partial charge >= 0.3 is 5.97 Å².